The predicted molar refractivity (Wildman–Crippen MR) is 92.8 cm³/mol. The Morgan fingerprint density at radius 3 is 2.22 bits per heavy atom. The van der Waals surface area contributed by atoms with Gasteiger partial charge in [0.15, 0.2) is 0 Å². The molecule has 0 bridgehead atoms. The van der Waals surface area contributed by atoms with E-state index in [9.17, 15) is 16.8 Å². The highest BCUT2D eigenvalue weighted by atomic mass is 32.3. The summed E-state index contributed by atoms with van der Waals surface area (Å²) >= 11 is 0.980. The molecule has 23 heavy (non-hydrogen) atoms. The molecule has 0 atom stereocenters. The van der Waals surface area contributed by atoms with Crippen LogP contribution in [0.4, 0.5) is 5.69 Å². The molecule has 0 aliphatic carbocycles. The van der Waals surface area contributed by atoms with Crippen molar-refractivity contribution in [3.63, 3.8) is 0 Å². The van der Waals surface area contributed by atoms with E-state index in [0.29, 0.717) is 9.10 Å². The number of rotatable bonds is 4. The van der Waals surface area contributed by atoms with Gasteiger partial charge in [0, 0.05) is 5.39 Å². The molecule has 0 spiro atoms. The Labute approximate surface area is 138 Å². The van der Waals surface area contributed by atoms with E-state index in [4.69, 9.17) is 0 Å². The van der Waals surface area contributed by atoms with Gasteiger partial charge in [-0.15, -0.1) is 11.3 Å². The first kappa shape index (κ1) is 16.0. The average Bonchev–Trinajstić information content (AvgIpc) is 3.01. The number of hydrogen-bond acceptors (Lipinski definition) is 5. The molecular weight excluding hydrogens is 354 g/mol. The van der Waals surface area contributed by atoms with Crippen LogP contribution in [-0.2, 0) is 20.0 Å². The largest absolute Gasteiger partial charge is 0.286 e. The van der Waals surface area contributed by atoms with Gasteiger partial charge < -0.3 is 0 Å². The molecule has 0 N–H and O–H groups in total. The summed E-state index contributed by atoms with van der Waals surface area (Å²) in [5.74, 6) is 0. The van der Waals surface area contributed by atoms with E-state index in [0.717, 1.165) is 23.0 Å². The molecular formula is C15H13NO4S3. The fourth-order valence-electron chi connectivity index (χ4n) is 2.35. The highest BCUT2D eigenvalue weighted by Crippen LogP contribution is 2.34. The Bertz CT molecular complexity index is 1050. The summed E-state index contributed by atoms with van der Waals surface area (Å²) in [5.41, 5.74) is 0.124. The zero-order chi connectivity index (χ0) is 16.7. The molecule has 1 heterocycles. The molecule has 120 valence electrons. The van der Waals surface area contributed by atoms with Gasteiger partial charge >= 0.3 is 0 Å². The van der Waals surface area contributed by atoms with Gasteiger partial charge in [0.05, 0.1) is 11.9 Å². The summed E-state index contributed by atoms with van der Waals surface area (Å²) in [6, 6.07) is 15.0. The van der Waals surface area contributed by atoms with Crippen molar-refractivity contribution in [2.75, 3.05) is 9.97 Å². The Hall–Kier alpha value is -1.90. The summed E-state index contributed by atoms with van der Waals surface area (Å²) in [6.07, 6.45) is 0.889. The molecule has 3 rings (SSSR count). The molecule has 2 aromatic carbocycles. The minimum Gasteiger partial charge on any atom is -0.206 e. The number of hydrogen-bond donors (Lipinski definition) is 0. The van der Waals surface area contributed by atoms with Gasteiger partial charge in [-0.1, -0.05) is 42.5 Å². The molecule has 0 aliphatic heterocycles. The maximum absolute atomic E-state index is 12.8. The summed E-state index contributed by atoms with van der Waals surface area (Å²) in [4.78, 5) is 0. The zero-order valence-corrected chi connectivity index (χ0v) is 14.5. The normalized spacial score (nSPS) is 12.4. The second-order valence-corrected chi connectivity index (χ2v) is 9.92. The fraction of sp³-hybridized carbons (Fsp3) is 0.0667. The molecule has 8 heteroatoms. The summed E-state index contributed by atoms with van der Waals surface area (Å²) in [5, 5.41) is 2.91. The average molecular weight is 367 g/mol. The molecule has 1 aromatic heterocycles. The van der Waals surface area contributed by atoms with Gasteiger partial charge in [0.2, 0.25) is 10.0 Å². The van der Waals surface area contributed by atoms with Gasteiger partial charge in [-0.05, 0) is 22.9 Å². The third-order valence-electron chi connectivity index (χ3n) is 3.23. The van der Waals surface area contributed by atoms with Crippen LogP contribution in [0.3, 0.4) is 0 Å². The Morgan fingerprint density at radius 2 is 1.57 bits per heavy atom. The van der Waals surface area contributed by atoms with Crippen LogP contribution in [0.15, 0.2) is 64.2 Å². The van der Waals surface area contributed by atoms with Crippen LogP contribution in [0, 0.1) is 0 Å². The van der Waals surface area contributed by atoms with Crippen molar-refractivity contribution in [2.24, 2.45) is 0 Å². The molecule has 0 aliphatic rings. The van der Waals surface area contributed by atoms with Crippen molar-refractivity contribution in [1.82, 2.24) is 0 Å². The lowest BCUT2D eigenvalue weighted by Crippen LogP contribution is -2.35. The van der Waals surface area contributed by atoms with Gasteiger partial charge in [-0.2, -0.15) is 12.1 Å². The minimum absolute atomic E-state index is 0.0177. The number of fused-ring (bicyclic) bond motifs is 1. The zero-order valence-electron chi connectivity index (χ0n) is 12.1. The summed E-state index contributed by atoms with van der Waals surface area (Å²) < 4.78 is 50.7. The van der Waals surface area contributed by atoms with Crippen LogP contribution in [0.1, 0.15) is 0 Å². The predicted octanol–water partition coefficient (Wildman–Crippen LogP) is 3.06. The Kier molecular flexibility index (Phi) is 3.91. The molecule has 0 amide bonds. The third-order valence-corrected chi connectivity index (χ3v) is 8.29. The Morgan fingerprint density at radius 1 is 0.870 bits per heavy atom. The molecule has 5 nitrogen and oxygen atoms in total. The van der Waals surface area contributed by atoms with Crippen molar-refractivity contribution in [1.29, 1.82) is 0 Å². The van der Waals surface area contributed by atoms with Gasteiger partial charge in [0.1, 0.15) is 4.21 Å². The summed E-state index contributed by atoms with van der Waals surface area (Å²) in [7, 11) is -8.24. The van der Waals surface area contributed by atoms with E-state index in [1.54, 1.807) is 41.8 Å². The van der Waals surface area contributed by atoms with E-state index >= 15 is 0 Å². The second kappa shape index (κ2) is 5.63. The molecule has 0 fully saturated rings. The lowest BCUT2D eigenvalue weighted by Gasteiger charge is -2.22. The highest BCUT2D eigenvalue weighted by Gasteiger charge is 2.34. The number of nitrogens with zero attached hydrogens (tertiary/aromatic N) is 1. The lowest BCUT2D eigenvalue weighted by atomic mass is 10.1. The molecule has 0 saturated heterocycles. The summed E-state index contributed by atoms with van der Waals surface area (Å²) in [6.45, 7) is 0. The van der Waals surface area contributed by atoms with E-state index in [-0.39, 0.29) is 9.90 Å². The molecule has 0 unspecified atom stereocenters. The quantitative estimate of drug-likeness (QED) is 0.710. The molecule has 0 saturated carbocycles. The smallest absolute Gasteiger partial charge is 0.206 e. The second-order valence-electron chi connectivity index (χ2n) is 4.90. The first-order valence-corrected chi connectivity index (χ1v) is 10.8. The van der Waals surface area contributed by atoms with Crippen LogP contribution in [0.25, 0.3) is 10.8 Å². The number of benzene rings is 2. The Balaban J connectivity index is 2.34. The van der Waals surface area contributed by atoms with Gasteiger partial charge in [0.25, 0.3) is 10.0 Å². The van der Waals surface area contributed by atoms with E-state index < -0.39 is 20.0 Å². The first-order chi connectivity index (χ1) is 10.8. The van der Waals surface area contributed by atoms with Crippen LogP contribution >= 0.6 is 11.3 Å². The maximum Gasteiger partial charge on any atom is 0.286 e. The van der Waals surface area contributed by atoms with E-state index in [1.165, 1.54) is 12.1 Å². The van der Waals surface area contributed by atoms with E-state index in [1.807, 2.05) is 6.07 Å². The van der Waals surface area contributed by atoms with Gasteiger partial charge in [-0.3, -0.25) is 0 Å². The van der Waals surface area contributed by atoms with Crippen LogP contribution in [0.5, 0.6) is 0 Å². The van der Waals surface area contributed by atoms with E-state index in [2.05, 4.69) is 0 Å². The van der Waals surface area contributed by atoms with Crippen molar-refractivity contribution >= 4 is 47.8 Å². The third kappa shape index (κ3) is 2.85. The topological polar surface area (TPSA) is 71.5 Å². The first-order valence-electron chi connectivity index (χ1n) is 6.58. The van der Waals surface area contributed by atoms with Gasteiger partial charge in [-0.25, -0.2) is 8.42 Å². The maximum atomic E-state index is 12.8. The van der Waals surface area contributed by atoms with Crippen LogP contribution in [0.2, 0.25) is 0 Å². The lowest BCUT2D eigenvalue weighted by molar-refractivity contribution is 0.588. The monoisotopic (exact) mass is 367 g/mol. The van der Waals surface area contributed by atoms with Crippen molar-refractivity contribution in [3.05, 3.63) is 60.0 Å². The molecule has 3 aromatic rings. The minimum atomic E-state index is -4.20. The number of sulfonamides is 2. The number of thiophene rings is 1. The molecule has 0 radical (unpaired) electrons. The standard InChI is InChI=1S/C15H13NO4S3/c1-22(17,18)16(23(19,20)15-10-5-11-21-15)14-9-4-7-12-6-2-3-8-13(12)14/h2-11H,1H3. The van der Waals surface area contributed by atoms with Crippen molar-refractivity contribution in [2.45, 2.75) is 4.21 Å². The number of anilines is 1. The van der Waals surface area contributed by atoms with Crippen molar-refractivity contribution in [3.8, 4) is 0 Å². The highest BCUT2D eigenvalue weighted by molar-refractivity contribution is 8.10. The SMILES string of the molecule is CS(=O)(=O)N(c1cccc2ccccc12)S(=O)(=O)c1cccs1. The fourth-order valence-corrected chi connectivity index (χ4v) is 6.83. The van der Waals surface area contributed by atoms with Crippen LogP contribution < -0.4 is 3.71 Å². The van der Waals surface area contributed by atoms with Crippen LogP contribution in [-0.4, -0.2) is 23.1 Å². The van der Waals surface area contributed by atoms with Crippen molar-refractivity contribution < 1.29 is 16.8 Å².